The molecule has 0 saturated heterocycles. The SMILES string of the molecule is COc1cccc2ncn(Cc3cncnc3)c(=O)c12. The average molecular weight is 268 g/mol. The zero-order valence-corrected chi connectivity index (χ0v) is 10.9. The summed E-state index contributed by atoms with van der Waals surface area (Å²) in [5.74, 6) is 0.527. The van der Waals surface area contributed by atoms with Gasteiger partial charge >= 0.3 is 0 Å². The third-order valence-corrected chi connectivity index (χ3v) is 3.00. The van der Waals surface area contributed by atoms with Gasteiger partial charge in [0.2, 0.25) is 0 Å². The molecule has 0 amide bonds. The zero-order chi connectivity index (χ0) is 13.9. The largest absolute Gasteiger partial charge is 0.496 e. The summed E-state index contributed by atoms with van der Waals surface area (Å²) in [5.41, 5.74) is 1.32. The van der Waals surface area contributed by atoms with Crippen LogP contribution in [0.25, 0.3) is 10.9 Å². The van der Waals surface area contributed by atoms with E-state index < -0.39 is 0 Å². The molecule has 0 aliphatic rings. The third kappa shape index (κ3) is 2.11. The highest BCUT2D eigenvalue weighted by Gasteiger charge is 2.09. The lowest BCUT2D eigenvalue weighted by Gasteiger charge is -2.08. The minimum Gasteiger partial charge on any atom is -0.496 e. The summed E-state index contributed by atoms with van der Waals surface area (Å²) >= 11 is 0. The van der Waals surface area contributed by atoms with Crippen molar-refractivity contribution in [2.75, 3.05) is 7.11 Å². The molecule has 6 nitrogen and oxygen atoms in total. The van der Waals surface area contributed by atoms with Crippen LogP contribution in [0.5, 0.6) is 5.75 Å². The van der Waals surface area contributed by atoms with Gasteiger partial charge in [-0.25, -0.2) is 15.0 Å². The quantitative estimate of drug-likeness (QED) is 0.715. The van der Waals surface area contributed by atoms with Crippen molar-refractivity contribution in [2.24, 2.45) is 0 Å². The van der Waals surface area contributed by atoms with Crippen LogP contribution in [0.2, 0.25) is 0 Å². The molecule has 1 aromatic carbocycles. The third-order valence-electron chi connectivity index (χ3n) is 3.00. The molecule has 0 atom stereocenters. The second-order valence-corrected chi connectivity index (χ2v) is 4.28. The summed E-state index contributed by atoms with van der Waals surface area (Å²) in [6.07, 6.45) is 6.32. The van der Waals surface area contributed by atoms with Crippen LogP contribution in [0, 0.1) is 0 Å². The minimum atomic E-state index is -0.142. The van der Waals surface area contributed by atoms with Crippen molar-refractivity contribution in [1.82, 2.24) is 19.5 Å². The number of hydrogen-bond donors (Lipinski definition) is 0. The van der Waals surface area contributed by atoms with Gasteiger partial charge in [-0.3, -0.25) is 9.36 Å². The molecule has 0 fully saturated rings. The Hall–Kier alpha value is -2.76. The number of benzene rings is 1. The van der Waals surface area contributed by atoms with Gasteiger partial charge in [0.15, 0.2) is 0 Å². The van der Waals surface area contributed by atoms with E-state index in [-0.39, 0.29) is 5.56 Å². The highest BCUT2D eigenvalue weighted by atomic mass is 16.5. The second kappa shape index (κ2) is 5.08. The Bertz CT molecular complexity index is 799. The first-order valence-corrected chi connectivity index (χ1v) is 6.05. The Balaban J connectivity index is 2.14. The van der Waals surface area contributed by atoms with Gasteiger partial charge in [-0.15, -0.1) is 0 Å². The fourth-order valence-corrected chi connectivity index (χ4v) is 2.06. The van der Waals surface area contributed by atoms with E-state index in [4.69, 9.17) is 4.74 Å². The molecule has 0 spiro atoms. The summed E-state index contributed by atoms with van der Waals surface area (Å²) in [7, 11) is 1.54. The van der Waals surface area contributed by atoms with Gasteiger partial charge in [0, 0.05) is 18.0 Å². The van der Waals surface area contributed by atoms with Gasteiger partial charge in [-0.05, 0) is 12.1 Å². The smallest absolute Gasteiger partial charge is 0.265 e. The fraction of sp³-hybridized carbons (Fsp3) is 0.143. The number of fused-ring (bicyclic) bond motifs is 1. The molecule has 3 rings (SSSR count). The molecule has 20 heavy (non-hydrogen) atoms. The van der Waals surface area contributed by atoms with E-state index in [0.29, 0.717) is 23.2 Å². The zero-order valence-electron chi connectivity index (χ0n) is 10.9. The van der Waals surface area contributed by atoms with Crippen LogP contribution < -0.4 is 10.3 Å². The summed E-state index contributed by atoms with van der Waals surface area (Å²) in [6, 6.07) is 5.35. The van der Waals surface area contributed by atoms with E-state index in [1.165, 1.54) is 24.3 Å². The predicted molar refractivity (Wildman–Crippen MR) is 73.7 cm³/mol. The topological polar surface area (TPSA) is 69.9 Å². The lowest BCUT2D eigenvalue weighted by atomic mass is 10.2. The van der Waals surface area contributed by atoms with Crippen molar-refractivity contribution >= 4 is 10.9 Å². The molecular weight excluding hydrogens is 256 g/mol. The Labute approximate surface area is 114 Å². The highest BCUT2D eigenvalue weighted by Crippen LogP contribution is 2.19. The number of methoxy groups -OCH3 is 1. The lowest BCUT2D eigenvalue weighted by Crippen LogP contribution is -2.21. The van der Waals surface area contributed by atoms with Gasteiger partial charge in [0.1, 0.15) is 17.5 Å². The van der Waals surface area contributed by atoms with Crippen molar-refractivity contribution in [2.45, 2.75) is 6.54 Å². The maximum absolute atomic E-state index is 12.5. The maximum atomic E-state index is 12.5. The first-order chi connectivity index (χ1) is 9.79. The molecule has 3 aromatic rings. The number of nitrogens with zero attached hydrogens (tertiary/aromatic N) is 4. The molecule has 0 unspecified atom stereocenters. The monoisotopic (exact) mass is 268 g/mol. The molecular formula is C14H12N4O2. The lowest BCUT2D eigenvalue weighted by molar-refractivity contribution is 0.419. The van der Waals surface area contributed by atoms with Crippen LogP contribution in [-0.4, -0.2) is 26.6 Å². The van der Waals surface area contributed by atoms with E-state index in [1.807, 2.05) is 6.07 Å². The summed E-state index contributed by atoms with van der Waals surface area (Å²) in [4.78, 5) is 24.7. The number of aromatic nitrogens is 4. The van der Waals surface area contributed by atoms with E-state index >= 15 is 0 Å². The number of hydrogen-bond acceptors (Lipinski definition) is 5. The molecule has 0 aliphatic carbocycles. The first kappa shape index (κ1) is 12.3. The van der Waals surface area contributed by atoms with E-state index in [9.17, 15) is 4.79 Å². The van der Waals surface area contributed by atoms with Crippen LogP contribution in [-0.2, 0) is 6.54 Å². The van der Waals surface area contributed by atoms with Gasteiger partial charge < -0.3 is 4.74 Å². The Kier molecular flexibility index (Phi) is 3.12. The standard InChI is InChI=1S/C14H12N4O2/c1-20-12-4-2-3-11-13(12)14(19)18(9-17-11)7-10-5-15-8-16-6-10/h2-6,8-9H,7H2,1H3. The molecule has 2 aromatic heterocycles. The summed E-state index contributed by atoms with van der Waals surface area (Å²) in [6.45, 7) is 0.376. The first-order valence-electron chi connectivity index (χ1n) is 6.05. The predicted octanol–water partition coefficient (Wildman–Crippen LogP) is 1.24. The molecule has 0 radical (unpaired) electrons. The van der Waals surface area contributed by atoms with Gasteiger partial charge in [0.05, 0.1) is 25.5 Å². The van der Waals surface area contributed by atoms with Crippen molar-refractivity contribution in [1.29, 1.82) is 0 Å². The molecule has 2 heterocycles. The Morgan fingerprint density at radius 1 is 1.25 bits per heavy atom. The summed E-state index contributed by atoms with van der Waals surface area (Å²) < 4.78 is 6.75. The van der Waals surface area contributed by atoms with E-state index in [2.05, 4.69) is 15.0 Å². The molecule has 0 N–H and O–H groups in total. The molecule has 6 heteroatoms. The average Bonchev–Trinajstić information content (AvgIpc) is 2.50. The van der Waals surface area contributed by atoms with E-state index in [0.717, 1.165) is 5.56 Å². The van der Waals surface area contributed by atoms with Crippen LogP contribution in [0.4, 0.5) is 0 Å². The fourth-order valence-electron chi connectivity index (χ4n) is 2.06. The molecule has 0 aliphatic heterocycles. The van der Waals surface area contributed by atoms with Crippen LogP contribution in [0.3, 0.4) is 0 Å². The Morgan fingerprint density at radius 3 is 2.80 bits per heavy atom. The molecule has 0 saturated carbocycles. The second-order valence-electron chi connectivity index (χ2n) is 4.28. The Morgan fingerprint density at radius 2 is 2.05 bits per heavy atom. The number of rotatable bonds is 3. The van der Waals surface area contributed by atoms with Crippen LogP contribution in [0.1, 0.15) is 5.56 Å². The maximum Gasteiger partial charge on any atom is 0.265 e. The van der Waals surface area contributed by atoms with Crippen molar-refractivity contribution < 1.29 is 4.74 Å². The van der Waals surface area contributed by atoms with Crippen LogP contribution >= 0.6 is 0 Å². The van der Waals surface area contributed by atoms with E-state index in [1.54, 1.807) is 24.5 Å². The normalized spacial score (nSPS) is 10.7. The van der Waals surface area contributed by atoms with Crippen molar-refractivity contribution in [3.63, 3.8) is 0 Å². The number of ether oxygens (including phenoxy) is 1. The molecule has 0 bridgehead atoms. The summed E-state index contributed by atoms with van der Waals surface area (Å²) in [5, 5.41) is 0.481. The highest BCUT2D eigenvalue weighted by molar-refractivity contribution is 5.83. The molecule has 100 valence electrons. The van der Waals surface area contributed by atoms with Gasteiger partial charge in [-0.2, -0.15) is 0 Å². The minimum absolute atomic E-state index is 0.142. The van der Waals surface area contributed by atoms with Crippen LogP contribution in [0.15, 0.2) is 48.0 Å². The van der Waals surface area contributed by atoms with Gasteiger partial charge in [-0.1, -0.05) is 6.07 Å². The van der Waals surface area contributed by atoms with Gasteiger partial charge in [0.25, 0.3) is 5.56 Å². The van der Waals surface area contributed by atoms with Crippen molar-refractivity contribution in [3.05, 3.63) is 59.2 Å². The van der Waals surface area contributed by atoms with Crippen molar-refractivity contribution in [3.8, 4) is 5.75 Å².